The van der Waals surface area contributed by atoms with Gasteiger partial charge >= 0.3 is 5.97 Å². The first-order valence-corrected chi connectivity index (χ1v) is 9.81. The van der Waals surface area contributed by atoms with E-state index in [1.165, 1.54) is 0 Å². The Balaban J connectivity index is 1.60. The molecule has 0 aliphatic carbocycles. The first-order chi connectivity index (χ1) is 13.3. The molecule has 6 nitrogen and oxygen atoms in total. The Morgan fingerprint density at radius 3 is 2.86 bits per heavy atom. The fourth-order valence-electron chi connectivity index (χ4n) is 3.39. The summed E-state index contributed by atoms with van der Waals surface area (Å²) in [6, 6.07) is 12.4. The zero-order valence-corrected chi connectivity index (χ0v) is 17.0. The van der Waals surface area contributed by atoms with Crippen LogP contribution >= 0.6 is 0 Å². The molecule has 1 aliphatic rings. The number of anilines is 2. The van der Waals surface area contributed by atoms with Crippen LogP contribution in [0.1, 0.15) is 44.7 Å². The van der Waals surface area contributed by atoms with Gasteiger partial charge in [-0.2, -0.15) is 0 Å². The molecule has 3 rings (SSSR count). The fourth-order valence-corrected chi connectivity index (χ4v) is 3.39. The van der Waals surface area contributed by atoms with Gasteiger partial charge in [0.1, 0.15) is 5.82 Å². The summed E-state index contributed by atoms with van der Waals surface area (Å²) < 4.78 is 0. The Bertz CT molecular complexity index is 837. The first-order valence-electron chi connectivity index (χ1n) is 9.81. The van der Waals surface area contributed by atoms with Crippen molar-refractivity contribution in [1.82, 2.24) is 10.3 Å². The van der Waals surface area contributed by atoms with Crippen LogP contribution in [0.5, 0.6) is 0 Å². The van der Waals surface area contributed by atoms with Crippen LogP contribution in [0.3, 0.4) is 0 Å². The molecule has 6 heteroatoms. The van der Waals surface area contributed by atoms with Crippen molar-refractivity contribution in [3.63, 3.8) is 0 Å². The second-order valence-corrected chi connectivity index (χ2v) is 8.18. The Labute approximate surface area is 166 Å². The third-order valence-electron chi connectivity index (χ3n) is 5.70. The number of rotatable bonds is 7. The molecule has 28 heavy (non-hydrogen) atoms. The van der Waals surface area contributed by atoms with Crippen LogP contribution in [0.25, 0.3) is 0 Å². The predicted octanol–water partition coefficient (Wildman–Crippen LogP) is 3.43. The lowest BCUT2D eigenvalue weighted by atomic mass is 9.83. The molecule has 3 atom stereocenters. The number of benzene rings is 1. The molecule has 0 unspecified atom stereocenters. The number of hydrogen-bond acceptors (Lipinski definition) is 5. The molecule has 0 saturated heterocycles. The summed E-state index contributed by atoms with van der Waals surface area (Å²) in [5.74, 6) is 0.354. The molecular formula is C22H30N4O2. The number of nitrogens with one attached hydrogen (secondary N) is 3. The van der Waals surface area contributed by atoms with E-state index in [0.29, 0.717) is 0 Å². The molecule has 1 aromatic carbocycles. The average molecular weight is 383 g/mol. The Hall–Kier alpha value is -2.60. The molecular weight excluding hydrogens is 352 g/mol. The lowest BCUT2D eigenvalue weighted by Gasteiger charge is -2.32. The van der Waals surface area contributed by atoms with Gasteiger partial charge in [0.15, 0.2) is 0 Å². The SMILES string of the molecule is C[C@@H](CN[C@H](C)[C@H]1CNc2cccnc2N1)c1cccc(C(C)(C)C(=O)O)c1. The number of hydrogen-bond donors (Lipinski definition) is 4. The number of carboxylic acids is 1. The molecule has 150 valence electrons. The molecule has 0 saturated carbocycles. The average Bonchev–Trinajstić information content (AvgIpc) is 2.71. The maximum atomic E-state index is 11.6. The zero-order chi connectivity index (χ0) is 20.3. The number of pyridine rings is 1. The molecule has 1 aromatic heterocycles. The number of aliphatic carboxylic acids is 1. The van der Waals surface area contributed by atoms with Crippen LogP contribution in [0.2, 0.25) is 0 Å². The highest BCUT2D eigenvalue weighted by molar-refractivity contribution is 5.80. The summed E-state index contributed by atoms with van der Waals surface area (Å²) in [6.07, 6.45) is 1.79. The van der Waals surface area contributed by atoms with Gasteiger partial charge in [-0.15, -0.1) is 0 Å². The summed E-state index contributed by atoms with van der Waals surface area (Å²) in [4.78, 5) is 15.9. The molecule has 1 aliphatic heterocycles. The maximum Gasteiger partial charge on any atom is 0.313 e. The van der Waals surface area contributed by atoms with E-state index in [1.807, 2.05) is 30.3 Å². The van der Waals surface area contributed by atoms with E-state index in [9.17, 15) is 9.90 Å². The first kappa shape index (κ1) is 20.1. The Morgan fingerprint density at radius 1 is 1.32 bits per heavy atom. The van der Waals surface area contributed by atoms with Crippen LogP contribution in [0.4, 0.5) is 11.5 Å². The number of carboxylic acid groups (broad SMARTS) is 1. The van der Waals surface area contributed by atoms with Crippen molar-refractivity contribution < 1.29 is 9.90 Å². The van der Waals surface area contributed by atoms with Gasteiger partial charge in [0.2, 0.25) is 0 Å². The van der Waals surface area contributed by atoms with Gasteiger partial charge in [0, 0.05) is 25.3 Å². The molecule has 4 N–H and O–H groups in total. The van der Waals surface area contributed by atoms with Crippen LogP contribution in [-0.2, 0) is 10.2 Å². The summed E-state index contributed by atoms with van der Waals surface area (Å²) in [6.45, 7) is 9.47. The van der Waals surface area contributed by atoms with E-state index in [1.54, 1.807) is 20.0 Å². The largest absolute Gasteiger partial charge is 0.481 e. The van der Waals surface area contributed by atoms with Gasteiger partial charge < -0.3 is 21.1 Å². The highest BCUT2D eigenvalue weighted by Crippen LogP contribution is 2.27. The molecule has 0 amide bonds. The van der Waals surface area contributed by atoms with Crippen molar-refractivity contribution in [3.05, 3.63) is 53.7 Å². The van der Waals surface area contributed by atoms with Crippen LogP contribution in [-0.4, -0.2) is 41.2 Å². The van der Waals surface area contributed by atoms with E-state index >= 15 is 0 Å². The van der Waals surface area contributed by atoms with Gasteiger partial charge in [-0.3, -0.25) is 4.79 Å². The highest BCUT2D eigenvalue weighted by atomic mass is 16.4. The highest BCUT2D eigenvalue weighted by Gasteiger charge is 2.30. The van der Waals surface area contributed by atoms with Crippen molar-refractivity contribution in [2.45, 2.75) is 51.1 Å². The Kier molecular flexibility index (Phi) is 5.89. The van der Waals surface area contributed by atoms with Crippen LogP contribution in [0, 0.1) is 0 Å². The van der Waals surface area contributed by atoms with E-state index in [4.69, 9.17) is 0 Å². The van der Waals surface area contributed by atoms with Gasteiger partial charge in [0.25, 0.3) is 0 Å². The minimum Gasteiger partial charge on any atom is -0.481 e. The molecule has 0 fully saturated rings. The number of carbonyl (C=O) groups is 1. The smallest absolute Gasteiger partial charge is 0.313 e. The molecule has 0 spiro atoms. The van der Waals surface area contributed by atoms with Crippen molar-refractivity contribution in [2.24, 2.45) is 0 Å². The normalized spacial score (nSPS) is 18.4. The van der Waals surface area contributed by atoms with E-state index in [0.717, 1.165) is 35.7 Å². The lowest BCUT2D eigenvalue weighted by molar-refractivity contribution is -0.142. The van der Waals surface area contributed by atoms with Crippen LogP contribution < -0.4 is 16.0 Å². The van der Waals surface area contributed by atoms with Crippen LogP contribution in [0.15, 0.2) is 42.6 Å². The molecule has 2 aromatic rings. The van der Waals surface area contributed by atoms with Gasteiger partial charge in [-0.05, 0) is 49.9 Å². The predicted molar refractivity (Wildman–Crippen MR) is 113 cm³/mol. The maximum absolute atomic E-state index is 11.6. The van der Waals surface area contributed by atoms with Crippen molar-refractivity contribution in [3.8, 4) is 0 Å². The third-order valence-corrected chi connectivity index (χ3v) is 5.70. The van der Waals surface area contributed by atoms with Gasteiger partial charge in [0.05, 0.1) is 17.1 Å². The zero-order valence-electron chi connectivity index (χ0n) is 17.0. The molecule has 0 radical (unpaired) electrons. The minimum atomic E-state index is -0.894. The van der Waals surface area contributed by atoms with Gasteiger partial charge in [-0.25, -0.2) is 4.98 Å². The Morgan fingerprint density at radius 2 is 2.11 bits per heavy atom. The number of fused-ring (bicyclic) bond motifs is 1. The minimum absolute atomic E-state index is 0.242. The van der Waals surface area contributed by atoms with Crippen molar-refractivity contribution in [1.29, 1.82) is 0 Å². The summed E-state index contributed by atoms with van der Waals surface area (Å²) >= 11 is 0. The van der Waals surface area contributed by atoms with Gasteiger partial charge in [-0.1, -0.05) is 31.2 Å². The van der Waals surface area contributed by atoms with Crippen molar-refractivity contribution in [2.75, 3.05) is 23.7 Å². The fraction of sp³-hybridized carbons (Fsp3) is 0.455. The van der Waals surface area contributed by atoms with E-state index in [-0.39, 0.29) is 18.0 Å². The number of nitrogens with zero attached hydrogens (tertiary/aromatic N) is 1. The topological polar surface area (TPSA) is 86.3 Å². The lowest BCUT2D eigenvalue weighted by Crippen LogP contribution is -2.48. The third kappa shape index (κ3) is 4.28. The quantitative estimate of drug-likeness (QED) is 0.587. The monoisotopic (exact) mass is 382 g/mol. The summed E-state index contributed by atoms with van der Waals surface area (Å²) in [5.41, 5.74) is 2.12. The van der Waals surface area contributed by atoms with E-state index < -0.39 is 11.4 Å². The summed E-state index contributed by atoms with van der Waals surface area (Å²) in [5, 5.41) is 20.0. The second kappa shape index (κ2) is 8.19. The number of aromatic nitrogens is 1. The summed E-state index contributed by atoms with van der Waals surface area (Å²) in [7, 11) is 0. The van der Waals surface area contributed by atoms with E-state index in [2.05, 4.69) is 40.8 Å². The molecule has 0 bridgehead atoms. The standard InChI is InChI=1S/C22H30N4O2/c1-14(16-7-5-8-17(11-16)22(3,4)21(27)28)12-24-15(2)19-13-25-18-9-6-10-23-20(18)26-19/h5-11,14-15,19,24-25H,12-13H2,1-4H3,(H,23,26)(H,27,28)/t14-,15+,19+/m0/s1. The molecule has 2 heterocycles. The van der Waals surface area contributed by atoms with Crippen molar-refractivity contribution >= 4 is 17.5 Å². The second-order valence-electron chi connectivity index (χ2n) is 8.18.